The lowest BCUT2D eigenvalue weighted by Gasteiger charge is -2.20. The molecular formula is C31H28Cl2N4O5. The van der Waals surface area contributed by atoms with Gasteiger partial charge in [-0.3, -0.25) is 19.1 Å². The van der Waals surface area contributed by atoms with Gasteiger partial charge in [-0.05, 0) is 62.2 Å². The number of fused-ring (bicyclic) bond motifs is 3. The van der Waals surface area contributed by atoms with Crippen molar-refractivity contribution in [1.82, 2.24) is 14.5 Å². The molecule has 0 spiro atoms. The van der Waals surface area contributed by atoms with E-state index in [1.165, 1.54) is 4.57 Å². The zero-order valence-corrected chi connectivity index (χ0v) is 24.6. The molecule has 1 amide bonds. The van der Waals surface area contributed by atoms with Crippen molar-refractivity contribution < 1.29 is 19.0 Å². The molecule has 9 nitrogen and oxygen atoms in total. The minimum absolute atomic E-state index is 0.0328. The third kappa shape index (κ3) is 5.30. The number of carbonyl (C=O) groups is 1. The molecule has 2 aliphatic heterocycles. The highest BCUT2D eigenvalue weighted by Crippen LogP contribution is 2.38. The van der Waals surface area contributed by atoms with Crippen molar-refractivity contribution in [1.29, 1.82) is 0 Å². The average molecular weight is 607 g/mol. The van der Waals surface area contributed by atoms with E-state index in [-0.39, 0.29) is 17.5 Å². The maximum atomic E-state index is 13.4. The second kappa shape index (κ2) is 11.7. The average Bonchev–Trinajstić information content (AvgIpc) is 3.41. The number of aliphatic imine (C=N–C) groups is 1. The van der Waals surface area contributed by atoms with E-state index in [2.05, 4.69) is 9.98 Å². The summed E-state index contributed by atoms with van der Waals surface area (Å²) in [5, 5.41) is 1.24. The third-order valence-corrected chi connectivity index (χ3v) is 7.97. The van der Waals surface area contributed by atoms with Gasteiger partial charge in [-0.1, -0.05) is 23.2 Å². The van der Waals surface area contributed by atoms with Crippen molar-refractivity contribution in [2.75, 3.05) is 26.9 Å². The Kier molecular flexibility index (Phi) is 7.79. The van der Waals surface area contributed by atoms with E-state index < -0.39 is 0 Å². The predicted molar refractivity (Wildman–Crippen MR) is 163 cm³/mol. The van der Waals surface area contributed by atoms with Crippen molar-refractivity contribution in [3.8, 4) is 22.9 Å². The SMILES string of the molecule is COc1cc2c(cc1OCCCOc1ccc3nc(C)n(-c4ccc(Cl)cc4Cl)c(=O)c3c1)N=C[C@@H]1CCCN1C2=O. The van der Waals surface area contributed by atoms with Crippen molar-refractivity contribution in [3.05, 3.63) is 80.3 Å². The largest absolute Gasteiger partial charge is 0.493 e. The number of ether oxygens (including phenoxy) is 3. The van der Waals surface area contributed by atoms with Gasteiger partial charge in [0.1, 0.15) is 11.6 Å². The molecule has 42 heavy (non-hydrogen) atoms. The summed E-state index contributed by atoms with van der Waals surface area (Å²) in [6.07, 6.45) is 4.31. The molecular weight excluding hydrogens is 579 g/mol. The number of aromatic nitrogens is 2. The number of hydrogen-bond acceptors (Lipinski definition) is 7. The van der Waals surface area contributed by atoms with Crippen LogP contribution in [0.1, 0.15) is 35.4 Å². The Morgan fingerprint density at radius 2 is 1.83 bits per heavy atom. The van der Waals surface area contributed by atoms with Crippen molar-refractivity contribution in [3.63, 3.8) is 0 Å². The minimum Gasteiger partial charge on any atom is -0.493 e. The summed E-state index contributed by atoms with van der Waals surface area (Å²) in [4.78, 5) is 37.5. The Hall–Kier alpha value is -4.08. The van der Waals surface area contributed by atoms with Crippen molar-refractivity contribution in [2.24, 2.45) is 4.99 Å². The van der Waals surface area contributed by atoms with E-state index >= 15 is 0 Å². The number of halogens is 2. The summed E-state index contributed by atoms with van der Waals surface area (Å²) < 4.78 is 18.9. The summed E-state index contributed by atoms with van der Waals surface area (Å²) in [7, 11) is 1.55. The Bertz CT molecular complexity index is 1790. The van der Waals surface area contributed by atoms with Crippen LogP contribution in [0.15, 0.2) is 58.3 Å². The minimum atomic E-state index is -0.257. The van der Waals surface area contributed by atoms with E-state index in [9.17, 15) is 9.59 Å². The Morgan fingerprint density at radius 1 is 1.00 bits per heavy atom. The quantitative estimate of drug-likeness (QED) is 0.222. The summed E-state index contributed by atoms with van der Waals surface area (Å²) in [5.41, 5.74) is 1.90. The molecule has 2 aliphatic rings. The zero-order chi connectivity index (χ0) is 29.4. The molecule has 0 unspecified atom stereocenters. The van der Waals surface area contributed by atoms with Crippen LogP contribution in [0.5, 0.6) is 17.2 Å². The van der Waals surface area contributed by atoms with E-state index in [0.717, 1.165) is 19.4 Å². The number of carbonyl (C=O) groups excluding carboxylic acids is 1. The van der Waals surface area contributed by atoms with Crippen LogP contribution in [0.25, 0.3) is 16.6 Å². The third-order valence-electron chi connectivity index (χ3n) is 7.43. The molecule has 0 bridgehead atoms. The predicted octanol–water partition coefficient (Wildman–Crippen LogP) is 6.18. The fourth-order valence-electron chi connectivity index (χ4n) is 5.36. The van der Waals surface area contributed by atoms with Crippen LogP contribution in [0.2, 0.25) is 10.0 Å². The molecule has 1 aromatic heterocycles. The lowest BCUT2D eigenvalue weighted by Crippen LogP contribution is -2.35. The number of aryl methyl sites for hydroxylation is 1. The highest BCUT2D eigenvalue weighted by atomic mass is 35.5. The van der Waals surface area contributed by atoms with Crippen LogP contribution >= 0.6 is 23.2 Å². The highest BCUT2D eigenvalue weighted by Gasteiger charge is 2.32. The van der Waals surface area contributed by atoms with Gasteiger partial charge in [0.05, 0.1) is 59.2 Å². The standard InChI is InChI=1S/C31H28Cl2N4O5/c1-18-35-25-8-7-21(14-22(25)31(39)37(18)27-9-6-19(32)13-24(27)33)41-11-4-12-42-29-16-26-23(15-28(29)40-2)30(38)36-10-3-5-20(36)17-34-26/h6-9,13-17,20H,3-5,10-12H2,1-2H3/t20-/m0/s1. The van der Waals surface area contributed by atoms with E-state index in [1.807, 2.05) is 11.1 Å². The molecule has 1 fully saturated rings. The normalized spacial score (nSPS) is 15.9. The van der Waals surface area contributed by atoms with E-state index in [1.54, 1.807) is 62.6 Å². The number of benzene rings is 3. The van der Waals surface area contributed by atoms with E-state index in [4.69, 9.17) is 37.4 Å². The molecule has 1 saturated heterocycles. The number of rotatable bonds is 8. The van der Waals surface area contributed by atoms with Gasteiger partial charge >= 0.3 is 0 Å². The lowest BCUT2D eigenvalue weighted by molar-refractivity contribution is 0.0774. The van der Waals surface area contributed by atoms with Crippen LogP contribution in [0.4, 0.5) is 5.69 Å². The first-order valence-electron chi connectivity index (χ1n) is 13.7. The van der Waals surface area contributed by atoms with Crippen molar-refractivity contribution >= 4 is 51.9 Å². The summed E-state index contributed by atoms with van der Waals surface area (Å²) >= 11 is 12.4. The van der Waals surface area contributed by atoms with Crippen LogP contribution in [0.3, 0.4) is 0 Å². The number of nitrogens with zero attached hydrogens (tertiary/aromatic N) is 4. The van der Waals surface area contributed by atoms with Gasteiger partial charge in [0, 0.05) is 30.3 Å². The zero-order valence-electron chi connectivity index (χ0n) is 23.1. The maximum absolute atomic E-state index is 13.4. The highest BCUT2D eigenvalue weighted by molar-refractivity contribution is 6.35. The molecule has 6 rings (SSSR count). The Balaban J connectivity index is 1.13. The van der Waals surface area contributed by atoms with Crippen LogP contribution in [-0.2, 0) is 0 Å². The molecule has 0 radical (unpaired) electrons. The molecule has 0 aliphatic carbocycles. The second-order valence-corrected chi connectivity index (χ2v) is 11.0. The van der Waals surface area contributed by atoms with Crippen LogP contribution < -0.4 is 19.8 Å². The van der Waals surface area contributed by atoms with Gasteiger partial charge in [-0.15, -0.1) is 0 Å². The number of hydrogen-bond donors (Lipinski definition) is 0. The van der Waals surface area contributed by atoms with Crippen molar-refractivity contribution in [2.45, 2.75) is 32.2 Å². The number of amides is 1. The molecule has 3 heterocycles. The number of methoxy groups -OCH3 is 1. The van der Waals surface area contributed by atoms with Gasteiger partial charge in [-0.25, -0.2) is 4.98 Å². The monoisotopic (exact) mass is 606 g/mol. The molecule has 216 valence electrons. The van der Waals surface area contributed by atoms with Gasteiger partial charge < -0.3 is 19.1 Å². The molecule has 4 aromatic rings. The van der Waals surface area contributed by atoms with E-state index in [0.29, 0.717) is 80.6 Å². The fraction of sp³-hybridized carbons (Fsp3) is 0.290. The second-order valence-electron chi connectivity index (χ2n) is 10.1. The molecule has 3 aromatic carbocycles. The lowest BCUT2D eigenvalue weighted by atomic mass is 10.1. The molecule has 1 atom stereocenters. The van der Waals surface area contributed by atoms with Crippen LogP contribution in [-0.4, -0.2) is 59.5 Å². The van der Waals surface area contributed by atoms with Crippen LogP contribution in [0, 0.1) is 6.92 Å². The first-order valence-corrected chi connectivity index (χ1v) is 14.4. The maximum Gasteiger partial charge on any atom is 0.266 e. The van der Waals surface area contributed by atoms with Gasteiger partial charge in [0.2, 0.25) is 0 Å². The summed E-state index contributed by atoms with van der Waals surface area (Å²) in [6.45, 7) is 3.18. The topological polar surface area (TPSA) is 95.2 Å². The molecule has 0 saturated carbocycles. The summed E-state index contributed by atoms with van der Waals surface area (Å²) in [5.74, 6) is 2.00. The fourth-order valence-corrected chi connectivity index (χ4v) is 5.86. The van der Waals surface area contributed by atoms with Gasteiger partial charge in [-0.2, -0.15) is 0 Å². The molecule has 0 N–H and O–H groups in total. The first-order chi connectivity index (χ1) is 20.3. The Morgan fingerprint density at radius 3 is 2.64 bits per heavy atom. The Labute approximate surface area is 252 Å². The van der Waals surface area contributed by atoms with Gasteiger partial charge in [0.15, 0.2) is 11.5 Å². The molecule has 11 heteroatoms. The van der Waals surface area contributed by atoms with Gasteiger partial charge in [0.25, 0.3) is 11.5 Å². The summed E-state index contributed by atoms with van der Waals surface area (Å²) in [6, 6.07) is 13.7. The first kappa shape index (κ1) is 28.1. The smallest absolute Gasteiger partial charge is 0.266 e.